The fourth-order valence-electron chi connectivity index (χ4n) is 5.31. The van der Waals surface area contributed by atoms with Crippen LogP contribution in [0.5, 0.6) is 5.75 Å². The highest BCUT2D eigenvalue weighted by molar-refractivity contribution is 6.33. The lowest BCUT2D eigenvalue weighted by Crippen LogP contribution is -2.02. The molecular formula is C29H22ClFN4O3. The largest absolute Gasteiger partial charge is 0.488 e. The summed E-state index contributed by atoms with van der Waals surface area (Å²) in [5, 5.41) is 4.52. The van der Waals surface area contributed by atoms with Gasteiger partial charge >= 0.3 is 5.76 Å². The number of nitrogens with one attached hydrogen (secondary N) is 1. The Hall–Kier alpha value is -4.17. The third kappa shape index (κ3) is 3.83. The normalized spacial score (nSPS) is 16.1. The van der Waals surface area contributed by atoms with Crippen molar-refractivity contribution in [1.29, 1.82) is 0 Å². The molecule has 1 aliphatic carbocycles. The summed E-state index contributed by atoms with van der Waals surface area (Å²) in [6.45, 7) is 2.11. The molecule has 1 saturated carbocycles. The first-order valence-electron chi connectivity index (χ1n) is 12.4. The van der Waals surface area contributed by atoms with E-state index < -0.39 is 5.76 Å². The van der Waals surface area contributed by atoms with Crippen LogP contribution < -0.4 is 10.5 Å². The van der Waals surface area contributed by atoms with Gasteiger partial charge in [0.2, 0.25) is 0 Å². The first-order valence-corrected chi connectivity index (χ1v) is 12.8. The zero-order valence-corrected chi connectivity index (χ0v) is 21.2. The molecule has 0 atom stereocenters. The van der Waals surface area contributed by atoms with Gasteiger partial charge in [-0.2, -0.15) is 0 Å². The Kier molecular flexibility index (Phi) is 5.26. The smallest absolute Gasteiger partial charge is 0.439 e. The molecule has 7 nitrogen and oxygen atoms in total. The van der Waals surface area contributed by atoms with Crippen molar-refractivity contribution in [1.82, 2.24) is 19.5 Å². The van der Waals surface area contributed by atoms with Crippen molar-refractivity contribution in [3.05, 3.63) is 116 Å². The van der Waals surface area contributed by atoms with Gasteiger partial charge in [-0.15, -0.1) is 0 Å². The summed E-state index contributed by atoms with van der Waals surface area (Å²) in [5.41, 5.74) is 8.19. The molecule has 5 aromatic rings. The minimum absolute atomic E-state index is 0.264. The summed E-state index contributed by atoms with van der Waals surface area (Å²) in [6.07, 6.45) is 4.96. The first kappa shape index (κ1) is 23.0. The molecule has 7 rings (SSSR count). The lowest BCUT2D eigenvalue weighted by atomic mass is 9.89. The fraction of sp³-hybridized carbons (Fsp3) is 0.207. The highest BCUT2D eigenvalue weighted by Crippen LogP contribution is 2.43. The highest BCUT2D eigenvalue weighted by atomic mass is 35.5. The standard InChI is InChI=1S/C29H22ClFN4O3/c1-15(27-33-29(36)38-34-27)25-20-8-4-16(11-18(20)14-37-24-13-19(31)7-9-21(24)25)12-23-26(17-5-6-17)32-28-22(30)3-2-10-35(23)28/h2-4,7-11,13,17H,5-6,12,14H2,1H3,(H,33,34,36). The van der Waals surface area contributed by atoms with Crippen LogP contribution >= 0.6 is 11.6 Å². The number of imidazole rings is 1. The quantitative estimate of drug-likeness (QED) is 0.303. The van der Waals surface area contributed by atoms with Crippen LogP contribution in [0.15, 0.2) is 64.0 Å². The van der Waals surface area contributed by atoms with Crippen LogP contribution in [-0.4, -0.2) is 19.5 Å². The Morgan fingerprint density at radius 1 is 1.18 bits per heavy atom. The summed E-state index contributed by atoms with van der Waals surface area (Å²) in [4.78, 5) is 19.2. The van der Waals surface area contributed by atoms with Crippen molar-refractivity contribution in [2.24, 2.45) is 0 Å². The number of benzene rings is 2. The molecule has 190 valence electrons. The summed E-state index contributed by atoms with van der Waals surface area (Å²) in [7, 11) is 0. The summed E-state index contributed by atoms with van der Waals surface area (Å²) < 4.78 is 27.1. The van der Waals surface area contributed by atoms with Crippen molar-refractivity contribution in [3.63, 3.8) is 0 Å². The van der Waals surface area contributed by atoms with Crippen LogP contribution in [0.1, 0.15) is 65.1 Å². The van der Waals surface area contributed by atoms with E-state index in [4.69, 9.17) is 25.8 Å². The molecule has 4 heterocycles. The van der Waals surface area contributed by atoms with Crippen molar-refractivity contribution in [2.45, 2.75) is 38.7 Å². The van der Waals surface area contributed by atoms with Gasteiger partial charge in [0.1, 0.15) is 18.2 Å². The molecule has 3 aromatic heterocycles. The van der Waals surface area contributed by atoms with Crippen molar-refractivity contribution in [3.8, 4) is 5.75 Å². The number of nitrogens with zero attached hydrogens (tertiary/aromatic N) is 3. The van der Waals surface area contributed by atoms with Gasteiger partial charge in [0, 0.05) is 35.7 Å². The lowest BCUT2D eigenvalue weighted by molar-refractivity contribution is 0.305. The monoisotopic (exact) mass is 528 g/mol. The third-order valence-electron chi connectivity index (χ3n) is 7.27. The number of aromatic nitrogens is 4. The second-order valence-corrected chi connectivity index (χ2v) is 10.2. The summed E-state index contributed by atoms with van der Waals surface area (Å²) in [6, 6.07) is 14.5. The minimum Gasteiger partial charge on any atom is -0.488 e. The average Bonchev–Trinajstić information content (AvgIpc) is 3.59. The summed E-state index contributed by atoms with van der Waals surface area (Å²) in [5.74, 6) is 0.182. The van der Waals surface area contributed by atoms with Gasteiger partial charge in [0.05, 0.1) is 16.4 Å². The molecule has 0 saturated heterocycles. The topological polar surface area (TPSA) is 85.4 Å². The second-order valence-electron chi connectivity index (χ2n) is 9.81. The predicted molar refractivity (Wildman–Crippen MR) is 141 cm³/mol. The number of halogens is 2. The average molecular weight is 529 g/mol. The molecule has 0 amide bonds. The number of pyridine rings is 1. The van der Waals surface area contributed by atoms with Gasteiger partial charge in [-0.1, -0.05) is 35.0 Å². The van der Waals surface area contributed by atoms with Gasteiger partial charge in [-0.3, -0.25) is 9.51 Å². The Morgan fingerprint density at radius 3 is 2.82 bits per heavy atom. The Morgan fingerprint density at radius 2 is 2.03 bits per heavy atom. The van der Waals surface area contributed by atoms with Crippen LogP contribution in [0, 0.1) is 5.82 Å². The van der Waals surface area contributed by atoms with E-state index in [-0.39, 0.29) is 12.4 Å². The Balaban J connectivity index is 1.36. The van der Waals surface area contributed by atoms with Gasteiger partial charge in [-0.05, 0) is 66.3 Å². The number of H-pyrrole nitrogens is 1. The molecule has 2 aliphatic rings. The summed E-state index contributed by atoms with van der Waals surface area (Å²) >= 11 is 6.47. The number of hydrogen-bond donors (Lipinski definition) is 1. The van der Waals surface area contributed by atoms with Crippen LogP contribution in [0.3, 0.4) is 0 Å². The predicted octanol–water partition coefficient (Wildman–Crippen LogP) is 6.14. The van der Waals surface area contributed by atoms with E-state index in [0.29, 0.717) is 40.1 Å². The van der Waals surface area contributed by atoms with Gasteiger partial charge in [-0.25, -0.2) is 14.2 Å². The van der Waals surface area contributed by atoms with Crippen LogP contribution in [0.25, 0.3) is 16.8 Å². The molecular weight excluding hydrogens is 507 g/mol. The Bertz CT molecular complexity index is 1830. The maximum absolute atomic E-state index is 14.2. The van der Waals surface area contributed by atoms with E-state index >= 15 is 0 Å². The molecule has 2 aromatic carbocycles. The van der Waals surface area contributed by atoms with Crippen LogP contribution in [0.2, 0.25) is 5.02 Å². The maximum Gasteiger partial charge on any atom is 0.439 e. The van der Waals surface area contributed by atoms with Crippen LogP contribution in [-0.2, 0) is 13.0 Å². The minimum atomic E-state index is -0.640. The first-order chi connectivity index (χ1) is 18.5. The molecule has 9 heteroatoms. The molecule has 1 aliphatic heterocycles. The number of fused-ring (bicyclic) bond motifs is 3. The second kappa shape index (κ2) is 8.70. The lowest BCUT2D eigenvalue weighted by Gasteiger charge is -2.14. The molecule has 1 fully saturated rings. The van der Waals surface area contributed by atoms with E-state index in [9.17, 15) is 9.18 Å². The number of aromatic amines is 1. The molecule has 0 bridgehead atoms. The third-order valence-corrected chi connectivity index (χ3v) is 7.57. The van der Waals surface area contributed by atoms with E-state index in [1.807, 2.05) is 25.3 Å². The number of hydrogen-bond acceptors (Lipinski definition) is 5. The van der Waals surface area contributed by atoms with Crippen molar-refractivity contribution < 1.29 is 13.7 Å². The van der Waals surface area contributed by atoms with Crippen LogP contribution in [0.4, 0.5) is 4.39 Å². The SMILES string of the molecule is CC(=C1c2ccc(Cc3c(C4CC4)nc4c(Cl)cccn34)cc2COc2cc(F)ccc21)c1noc(=O)[nH]1. The Labute approximate surface area is 221 Å². The highest BCUT2D eigenvalue weighted by Gasteiger charge is 2.31. The molecule has 1 N–H and O–H groups in total. The van der Waals surface area contributed by atoms with Gasteiger partial charge in [0.25, 0.3) is 0 Å². The van der Waals surface area contributed by atoms with E-state index in [0.717, 1.165) is 52.1 Å². The number of allylic oxidation sites excluding steroid dienone is 1. The van der Waals surface area contributed by atoms with Gasteiger partial charge < -0.3 is 9.14 Å². The molecule has 0 spiro atoms. The molecule has 0 unspecified atom stereocenters. The molecule has 0 radical (unpaired) electrons. The van der Waals surface area contributed by atoms with Crippen molar-refractivity contribution in [2.75, 3.05) is 0 Å². The fourth-order valence-corrected chi connectivity index (χ4v) is 5.52. The zero-order chi connectivity index (χ0) is 26.0. The van der Waals surface area contributed by atoms with Gasteiger partial charge in [0.15, 0.2) is 11.5 Å². The molecule has 38 heavy (non-hydrogen) atoms. The van der Waals surface area contributed by atoms with Crippen molar-refractivity contribution >= 4 is 28.4 Å². The number of ether oxygens (including phenoxy) is 1. The van der Waals surface area contributed by atoms with E-state index in [2.05, 4.69) is 32.7 Å². The number of rotatable bonds is 4. The van der Waals surface area contributed by atoms with E-state index in [1.54, 1.807) is 6.07 Å². The zero-order valence-electron chi connectivity index (χ0n) is 20.4. The maximum atomic E-state index is 14.2. The van der Waals surface area contributed by atoms with E-state index in [1.165, 1.54) is 12.1 Å².